The Kier molecular flexibility index (Phi) is 4.90. The van der Waals surface area contributed by atoms with Crippen LogP contribution in [0.5, 0.6) is 11.5 Å². The maximum Gasteiger partial charge on any atom is 0.267 e. The highest BCUT2D eigenvalue weighted by molar-refractivity contribution is 8.18. The van der Waals surface area contributed by atoms with Gasteiger partial charge in [-0.2, -0.15) is 0 Å². The van der Waals surface area contributed by atoms with Gasteiger partial charge in [0.1, 0.15) is 11.5 Å². The van der Waals surface area contributed by atoms with Gasteiger partial charge in [-0.25, -0.2) is 4.99 Å². The van der Waals surface area contributed by atoms with Gasteiger partial charge in [-0.05, 0) is 48.2 Å². The number of hydrogen-bond donors (Lipinski definition) is 2. The summed E-state index contributed by atoms with van der Waals surface area (Å²) in [6.07, 6.45) is 3.28. The molecule has 1 saturated heterocycles. The van der Waals surface area contributed by atoms with Gasteiger partial charge >= 0.3 is 0 Å². The second-order valence-corrected chi connectivity index (χ2v) is 6.29. The van der Waals surface area contributed by atoms with Crippen molar-refractivity contribution in [2.75, 3.05) is 6.54 Å². The standard InChI is InChI=1S/C19H16N2O3S/c1-2-11-21-18(24)17(12-13-5-3-4-6-16(13)23)25-19(21)20-14-7-9-15(22)10-8-14/h2-10,12,22-23H,1,11H2/b17-12-,20-19?. The van der Waals surface area contributed by atoms with Crippen molar-refractivity contribution in [2.45, 2.75) is 0 Å². The van der Waals surface area contributed by atoms with Crippen molar-refractivity contribution >= 4 is 34.6 Å². The maximum absolute atomic E-state index is 12.7. The summed E-state index contributed by atoms with van der Waals surface area (Å²) in [5.41, 5.74) is 1.20. The third kappa shape index (κ3) is 3.75. The van der Waals surface area contributed by atoms with Gasteiger partial charge < -0.3 is 10.2 Å². The van der Waals surface area contributed by atoms with Crippen LogP contribution >= 0.6 is 11.8 Å². The minimum Gasteiger partial charge on any atom is -0.508 e. The van der Waals surface area contributed by atoms with Crippen molar-refractivity contribution in [3.8, 4) is 11.5 Å². The molecule has 0 aliphatic carbocycles. The number of carbonyl (C=O) groups excluding carboxylic acids is 1. The van der Waals surface area contributed by atoms with Gasteiger partial charge in [-0.1, -0.05) is 24.3 Å². The van der Waals surface area contributed by atoms with Crippen molar-refractivity contribution in [3.63, 3.8) is 0 Å². The second kappa shape index (κ2) is 7.27. The first-order chi connectivity index (χ1) is 12.1. The highest BCUT2D eigenvalue weighted by Gasteiger charge is 2.32. The summed E-state index contributed by atoms with van der Waals surface area (Å²) in [6.45, 7) is 4.02. The summed E-state index contributed by atoms with van der Waals surface area (Å²) in [4.78, 5) is 19.1. The molecule has 1 amide bonds. The quantitative estimate of drug-likeness (QED) is 0.647. The molecule has 0 atom stereocenters. The average Bonchev–Trinajstić information content (AvgIpc) is 2.88. The Morgan fingerprint density at radius 3 is 2.52 bits per heavy atom. The van der Waals surface area contributed by atoms with Crippen molar-refractivity contribution in [2.24, 2.45) is 4.99 Å². The average molecular weight is 352 g/mol. The van der Waals surface area contributed by atoms with Crippen molar-refractivity contribution in [1.82, 2.24) is 4.90 Å². The fourth-order valence-corrected chi connectivity index (χ4v) is 3.27. The Bertz CT molecular complexity index is 872. The van der Waals surface area contributed by atoms with Gasteiger partial charge in [-0.3, -0.25) is 9.69 Å². The Labute approximate surface area is 149 Å². The number of benzene rings is 2. The van der Waals surface area contributed by atoms with Gasteiger partial charge in [0.2, 0.25) is 0 Å². The van der Waals surface area contributed by atoms with Crippen molar-refractivity contribution < 1.29 is 15.0 Å². The monoisotopic (exact) mass is 352 g/mol. The lowest BCUT2D eigenvalue weighted by atomic mass is 10.2. The lowest BCUT2D eigenvalue weighted by Gasteiger charge is -2.12. The van der Waals surface area contributed by atoms with Crippen LogP contribution in [-0.2, 0) is 4.79 Å². The Morgan fingerprint density at radius 1 is 1.12 bits per heavy atom. The maximum atomic E-state index is 12.7. The largest absolute Gasteiger partial charge is 0.508 e. The second-order valence-electron chi connectivity index (χ2n) is 5.28. The summed E-state index contributed by atoms with van der Waals surface area (Å²) >= 11 is 1.24. The number of aromatic hydroxyl groups is 2. The SMILES string of the molecule is C=CCN1C(=O)/C(=C/c2ccccc2O)SC1=Nc1ccc(O)cc1. The minimum absolute atomic E-state index is 0.114. The summed E-state index contributed by atoms with van der Waals surface area (Å²) in [6, 6.07) is 13.3. The van der Waals surface area contributed by atoms with Gasteiger partial charge in [0, 0.05) is 12.1 Å². The number of para-hydroxylation sites is 1. The topological polar surface area (TPSA) is 73.1 Å². The van der Waals surface area contributed by atoms with E-state index in [1.165, 1.54) is 28.8 Å². The molecule has 2 N–H and O–H groups in total. The van der Waals surface area contributed by atoms with Crippen molar-refractivity contribution in [3.05, 3.63) is 71.7 Å². The summed E-state index contributed by atoms with van der Waals surface area (Å²) in [5, 5.41) is 19.8. The zero-order valence-corrected chi connectivity index (χ0v) is 14.1. The number of amidine groups is 1. The van der Waals surface area contributed by atoms with Gasteiger partial charge in [0.15, 0.2) is 5.17 Å². The smallest absolute Gasteiger partial charge is 0.267 e. The van der Waals surface area contributed by atoms with E-state index in [1.807, 2.05) is 0 Å². The molecule has 1 heterocycles. The summed E-state index contributed by atoms with van der Waals surface area (Å²) < 4.78 is 0. The van der Waals surface area contributed by atoms with Gasteiger partial charge in [-0.15, -0.1) is 6.58 Å². The number of phenolic OH excluding ortho intramolecular Hbond substituents is 2. The molecule has 1 fully saturated rings. The Morgan fingerprint density at radius 2 is 1.84 bits per heavy atom. The molecular weight excluding hydrogens is 336 g/mol. The number of carbonyl (C=O) groups is 1. The predicted molar refractivity (Wildman–Crippen MR) is 101 cm³/mol. The molecule has 6 heteroatoms. The number of rotatable bonds is 4. The first-order valence-corrected chi connectivity index (χ1v) is 8.38. The highest BCUT2D eigenvalue weighted by Crippen LogP contribution is 2.35. The molecular formula is C19H16N2O3S. The van der Waals surface area contributed by atoms with E-state index >= 15 is 0 Å². The zero-order chi connectivity index (χ0) is 17.8. The lowest BCUT2D eigenvalue weighted by Crippen LogP contribution is -2.29. The van der Waals surface area contributed by atoms with E-state index in [-0.39, 0.29) is 17.4 Å². The van der Waals surface area contributed by atoms with Crippen LogP contribution in [0.15, 0.2) is 71.1 Å². The van der Waals surface area contributed by atoms with E-state index < -0.39 is 0 Å². The lowest BCUT2D eigenvalue weighted by molar-refractivity contribution is -0.121. The summed E-state index contributed by atoms with van der Waals surface area (Å²) in [7, 11) is 0. The molecule has 0 radical (unpaired) electrons. The minimum atomic E-state index is -0.189. The van der Waals surface area contributed by atoms with Crippen molar-refractivity contribution in [1.29, 1.82) is 0 Å². The number of thioether (sulfide) groups is 1. The molecule has 5 nitrogen and oxygen atoms in total. The molecule has 2 aromatic carbocycles. The van der Waals surface area contributed by atoms with Gasteiger partial charge in [0.05, 0.1) is 10.6 Å². The fraction of sp³-hybridized carbons (Fsp3) is 0.0526. The van der Waals surface area contributed by atoms with Crippen LogP contribution in [0.4, 0.5) is 5.69 Å². The molecule has 0 spiro atoms. The highest BCUT2D eigenvalue weighted by atomic mass is 32.2. The van der Waals surface area contributed by atoms with Crippen LogP contribution in [0.2, 0.25) is 0 Å². The van der Waals surface area contributed by atoms with Crippen LogP contribution < -0.4 is 0 Å². The van der Waals surface area contributed by atoms with Crippen LogP contribution in [0, 0.1) is 0 Å². The van der Waals surface area contributed by atoms with E-state index in [0.717, 1.165) is 0 Å². The number of nitrogens with zero attached hydrogens (tertiary/aromatic N) is 2. The summed E-state index contributed by atoms with van der Waals surface area (Å²) in [5.74, 6) is 0.0791. The molecule has 3 rings (SSSR count). The number of phenols is 2. The van der Waals surface area contributed by atoms with E-state index in [0.29, 0.717) is 27.9 Å². The van der Waals surface area contributed by atoms with Gasteiger partial charge in [0.25, 0.3) is 5.91 Å². The molecule has 126 valence electrons. The van der Waals surface area contributed by atoms with E-state index in [9.17, 15) is 15.0 Å². The van der Waals surface area contributed by atoms with E-state index in [1.54, 1.807) is 48.6 Å². The normalized spacial score (nSPS) is 17.4. The Balaban J connectivity index is 1.96. The van der Waals surface area contributed by atoms with Crippen LogP contribution in [-0.4, -0.2) is 32.7 Å². The molecule has 1 aliphatic rings. The van der Waals surface area contributed by atoms with Crippen LogP contribution in [0.1, 0.15) is 5.56 Å². The number of hydrogen-bond acceptors (Lipinski definition) is 5. The molecule has 0 unspecified atom stereocenters. The number of aliphatic imine (C=N–C) groups is 1. The molecule has 0 saturated carbocycles. The third-order valence-corrected chi connectivity index (χ3v) is 4.50. The molecule has 1 aliphatic heterocycles. The Hall–Kier alpha value is -2.99. The van der Waals surface area contributed by atoms with Crippen LogP contribution in [0.3, 0.4) is 0 Å². The fourth-order valence-electron chi connectivity index (χ4n) is 2.27. The van der Waals surface area contributed by atoms with E-state index in [2.05, 4.69) is 11.6 Å². The van der Waals surface area contributed by atoms with E-state index in [4.69, 9.17) is 0 Å². The first kappa shape index (κ1) is 16.9. The molecule has 2 aromatic rings. The van der Waals surface area contributed by atoms with Crippen LogP contribution in [0.25, 0.3) is 6.08 Å². The number of amides is 1. The molecule has 25 heavy (non-hydrogen) atoms. The predicted octanol–water partition coefficient (Wildman–Crippen LogP) is 3.89. The first-order valence-electron chi connectivity index (χ1n) is 7.56. The third-order valence-electron chi connectivity index (χ3n) is 3.50. The zero-order valence-electron chi connectivity index (χ0n) is 13.3. The molecule has 0 aromatic heterocycles. The molecule has 0 bridgehead atoms.